The van der Waals surface area contributed by atoms with Crippen LogP contribution in [-0.2, 0) is 6.54 Å². The molecule has 7 nitrogen and oxygen atoms in total. The van der Waals surface area contributed by atoms with Crippen LogP contribution in [0.1, 0.15) is 17.4 Å². The smallest absolute Gasteiger partial charge is 0.165 e. The van der Waals surface area contributed by atoms with Crippen LogP contribution in [0.3, 0.4) is 0 Å². The number of anilines is 1. The maximum Gasteiger partial charge on any atom is 0.165 e. The molecule has 33 heavy (non-hydrogen) atoms. The lowest BCUT2D eigenvalue weighted by Crippen LogP contribution is -2.09. The summed E-state index contributed by atoms with van der Waals surface area (Å²) in [5.41, 5.74) is 11.0. The van der Waals surface area contributed by atoms with Gasteiger partial charge in [-0.05, 0) is 28.3 Å². The number of aromatic nitrogens is 4. The zero-order chi connectivity index (χ0) is 22.6. The van der Waals surface area contributed by atoms with Crippen molar-refractivity contribution in [1.82, 2.24) is 19.9 Å². The first-order valence-electron chi connectivity index (χ1n) is 10.6. The monoisotopic (exact) mass is 434 g/mol. The topological polar surface area (TPSA) is 110 Å². The average Bonchev–Trinajstić information content (AvgIpc) is 2.88. The lowest BCUT2D eigenvalue weighted by atomic mass is 10.0. The van der Waals surface area contributed by atoms with Crippen LogP contribution in [0.5, 0.6) is 0 Å². The lowest BCUT2D eigenvalue weighted by molar-refractivity contribution is 0.186. The predicted octanol–water partition coefficient (Wildman–Crippen LogP) is 4.32. The molecule has 0 radical (unpaired) electrons. The standard InChI is InChI=1S/C26H22N6O/c27-24(33)19-11-9-17(10-12-19)13-30-26-23-21(18-5-2-1-3-6-18)7-4-8-22(23)31-25(32-26)20-14-28-16-29-15-20/h1-12,14-16,24,33H,13,27H2,(H,30,31,32). The summed E-state index contributed by atoms with van der Waals surface area (Å²) in [4.78, 5) is 17.9. The Bertz CT molecular complexity index is 1370. The minimum Gasteiger partial charge on any atom is -0.375 e. The number of aliphatic hydroxyl groups is 1. The first-order chi connectivity index (χ1) is 16.2. The largest absolute Gasteiger partial charge is 0.375 e. The van der Waals surface area contributed by atoms with Gasteiger partial charge in [-0.15, -0.1) is 0 Å². The second kappa shape index (κ2) is 9.12. The third-order valence-electron chi connectivity index (χ3n) is 5.41. The number of hydrogen-bond acceptors (Lipinski definition) is 7. The van der Waals surface area contributed by atoms with E-state index in [1.54, 1.807) is 12.4 Å². The van der Waals surface area contributed by atoms with Crippen molar-refractivity contribution in [2.45, 2.75) is 12.8 Å². The Balaban J connectivity index is 1.60. The summed E-state index contributed by atoms with van der Waals surface area (Å²) in [6, 6.07) is 23.8. The van der Waals surface area contributed by atoms with Crippen LogP contribution in [-0.4, -0.2) is 25.0 Å². The molecule has 0 bridgehead atoms. The van der Waals surface area contributed by atoms with Gasteiger partial charge in [0.25, 0.3) is 0 Å². The number of nitrogens with one attached hydrogen (secondary N) is 1. The van der Waals surface area contributed by atoms with Gasteiger partial charge in [-0.25, -0.2) is 19.9 Å². The van der Waals surface area contributed by atoms with Crippen molar-refractivity contribution in [2.75, 3.05) is 5.32 Å². The molecule has 0 saturated carbocycles. The SMILES string of the molecule is NC(O)c1ccc(CNc2nc(-c3cncnc3)nc3cccc(-c4ccccc4)c23)cc1. The summed E-state index contributed by atoms with van der Waals surface area (Å²) < 4.78 is 0. The number of aliphatic hydroxyl groups excluding tert-OH is 1. The summed E-state index contributed by atoms with van der Waals surface area (Å²) in [7, 11) is 0. The Kier molecular flexibility index (Phi) is 5.72. The van der Waals surface area contributed by atoms with E-state index in [0.717, 1.165) is 39.0 Å². The molecule has 0 aliphatic heterocycles. The van der Waals surface area contributed by atoms with Crippen molar-refractivity contribution in [3.8, 4) is 22.5 Å². The second-order valence-electron chi connectivity index (χ2n) is 7.63. The molecule has 2 heterocycles. The van der Waals surface area contributed by atoms with Crippen molar-refractivity contribution >= 4 is 16.7 Å². The Hall–Kier alpha value is -4.20. The van der Waals surface area contributed by atoms with Gasteiger partial charge in [0.1, 0.15) is 18.4 Å². The lowest BCUT2D eigenvalue weighted by Gasteiger charge is -2.15. The molecule has 1 atom stereocenters. The zero-order valence-corrected chi connectivity index (χ0v) is 17.8. The number of fused-ring (bicyclic) bond motifs is 1. The van der Waals surface area contributed by atoms with Crippen molar-refractivity contribution in [1.29, 1.82) is 0 Å². The summed E-state index contributed by atoms with van der Waals surface area (Å²) in [5.74, 6) is 1.28. The van der Waals surface area contributed by atoms with E-state index < -0.39 is 6.23 Å². The highest BCUT2D eigenvalue weighted by atomic mass is 16.3. The van der Waals surface area contributed by atoms with E-state index in [1.165, 1.54) is 6.33 Å². The fourth-order valence-corrected chi connectivity index (χ4v) is 3.73. The molecule has 5 rings (SSSR count). The summed E-state index contributed by atoms with van der Waals surface area (Å²) in [6.07, 6.45) is 3.91. The van der Waals surface area contributed by atoms with Gasteiger partial charge in [0, 0.05) is 18.9 Å². The Morgan fingerprint density at radius 3 is 2.30 bits per heavy atom. The molecular weight excluding hydrogens is 412 g/mol. The molecule has 0 amide bonds. The van der Waals surface area contributed by atoms with Gasteiger partial charge in [-0.3, -0.25) is 0 Å². The van der Waals surface area contributed by atoms with E-state index in [0.29, 0.717) is 17.9 Å². The minimum atomic E-state index is -0.984. The molecule has 4 N–H and O–H groups in total. The van der Waals surface area contributed by atoms with Gasteiger partial charge in [0.15, 0.2) is 5.82 Å². The fraction of sp³-hybridized carbons (Fsp3) is 0.0769. The van der Waals surface area contributed by atoms with E-state index in [1.807, 2.05) is 54.6 Å². The van der Waals surface area contributed by atoms with Crippen LogP contribution >= 0.6 is 0 Å². The van der Waals surface area contributed by atoms with Gasteiger partial charge in [-0.1, -0.05) is 66.7 Å². The van der Waals surface area contributed by atoms with Crippen molar-refractivity contribution in [3.05, 3.63) is 103 Å². The number of nitrogens with two attached hydrogens (primary N) is 1. The molecule has 0 saturated heterocycles. The summed E-state index contributed by atoms with van der Waals surface area (Å²) in [5, 5.41) is 14.0. The van der Waals surface area contributed by atoms with E-state index in [-0.39, 0.29) is 0 Å². The molecule has 0 aliphatic rings. The van der Waals surface area contributed by atoms with Crippen molar-refractivity contribution in [3.63, 3.8) is 0 Å². The minimum absolute atomic E-state index is 0.543. The zero-order valence-electron chi connectivity index (χ0n) is 17.8. The van der Waals surface area contributed by atoms with Crippen molar-refractivity contribution < 1.29 is 5.11 Å². The van der Waals surface area contributed by atoms with E-state index >= 15 is 0 Å². The number of nitrogens with zero attached hydrogens (tertiary/aromatic N) is 4. The van der Waals surface area contributed by atoms with Crippen LogP contribution in [0.2, 0.25) is 0 Å². The van der Waals surface area contributed by atoms with Crippen LogP contribution in [0.15, 0.2) is 91.5 Å². The summed E-state index contributed by atoms with van der Waals surface area (Å²) >= 11 is 0. The number of hydrogen-bond donors (Lipinski definition) is 3. The third-order valence-corrected chi connectivity index (χ3v) is 5.41. The molecule has 3 aromatic carbocycles. The summed E-state index contributed by atoms with van der Waals surface area (Å²) in [6.45, 7) is 0.543. The second-order valence-corrected chi connectivity index (χ2v) is 7.63. The molecule has 7 heteroatoms. The Morgan fingerprint density at radius 2 is 1.58 bits per heavy atom. The average molecular weight is 435 g/mol. The normalized spacial score (nSPS) is 11.9. The molecule has 2 aromatic heterocycles. The van der Waals surface area contributed by atoms with Gasteiger partial charge in [0.05, 0.1) is 16.5 Å². The maximum absolute atomic E-state index is 9.55. The van der Waals surface area contributed by atoms with Gasteiger partial charge < -0.3 is 16.2 Å². The molecule has 162 valence electrons. The molecule has 5 aromatic rings. The van der Waals surface area contributed by atoms with Gasteiger partial charge in [-0.2, -0.15) is 0 Å². The number of benzene rings is 3. The highest BCUT2D eigenvalue weighted by molar-refractivity contribution is 6.02. The Morgan fingerprint density at radius 1 is 0.818 bits per heavy atom. The molecule has 0 fully saturated rings. The fourth-order valence-electron chi connectivity index (χ4n) is 3.73. The third kappa shape index (κ3) is 4.41. The molecule has 1 unspecified atom stereocenters. The molecular formula is C26H22N6O. The van der Waals surface area contributed by atoms with E-state index in [2.05, 4.69) is 33.5 Å². The molecule has 0 spiro atoms. The maximum atomic E-state index is 9.55. The van der Waals surface area contributed by atoms with E-state index in [9.17, 15) is 5.11 Å². The highest BCUT2D eigenvalue weighted by Crippen LogP contribution is 2.34. The van der Waals surface area contributed by atoms with Crippen LogP contribution in [0.25, 0.3) is 33.4 Å². The van der Waals surface area contributed by atoms with Crippen LogP contribution < -0.4 is 11.1 Å². The van der Waals surface area contributed by atoms with Gasteiger partial charge >= 0.3 is 0 Å². The molecule has 0 aliphatic carbocycles. The highest BCUT2D eigenvalue weighted by Gasteiger charge is 2.14. The van der Waals surface area contributed by atoms with Crippen LogP contribution in [0, 0.1) is 0 Å². The van der Waals surface area contributed by atoms with Crippen LogP contribution in [0.4, 0.5) is 5.82 Å². The number of rotatable bonds is 6. The predicted molar refractivity (Wildman–Crippen MR) is 129 cm³/mol. The van der Waals surface area contributed by atoms with Gasteiger partial charge in [0.2, 0.25) is 0 Å². The van der Waals surface area contributed by atoms with E-state index in [4.69, 9.17) is 15.7 Å². The quantitative estimate of drug-likeness (QED) is 0.342. The first kappa shape index (κ1) is 20.7. The Labute approximate surface area is 191 Å². The van der Waals surface area contributed by atoms with Crippen molar-refractivity contribution in [2.24, 2.45) is 5.73 Å². The first-order valence-corrected chi connectivity index (χ1v) is 10.6.